The summed E-state index contributed by atoms with van der Waals surface area (Å²) in [5.41, 5.74) is 5.94. The summed E-state index contributed by atoms with van der Waals surface area (Å²) in [6.45, 7) is 6.41. The summed E-state index contributed by atoms with van der Waals surface area (Å²) in [5, 5.41) is 2.83. The molecule has 0 spiro atoms. The van der Waals surface area contributed by atoms with E-state index in [9.17, 15) is 4.79 Å². The second-order valence-corrected chi connectivity index (χ2v) is 6.54. The molecule has 0 aliphatic heterocycles. The lowest BCUT2D eigenvalue weighted by Gasteiger charge is -2.42. The first-order valence-corrected chi connectivity index (χ1v) is 7.53. The molecule has 0 aromatic rings. The van der Waals surface area contributed by atoms with Crippen molar-refractivity contribution in [2.24, 2.45) is 11.1 Å². The van der Waals surface area contributed by atoms with Crippen molar-refractivity contribution in [2.45, 2.75) is 51.6 Å². The van der Waals surface area contributed by atoms with Gasteiger partial charge in [0.05, 0.1) is 5.60 Å². The molecule has 0 saturated heterocycles. The standard InChI is InChI=1S/C15H30N2O3/c1-14(2)5-7-15(12-16,8-6-14)20-11-13(18)17-9-4-10-19-3/h4-12,16H2,1-3H3,(H,17,18). The van der Waals surface area contributed by atoms with Gasteiger partial charge in [-0.25, -0.2) is 0 Å². The van der Waals surface area contributed by atoms with Gasteiger partial charge in [-0.2, -0.15) is 0 Å². The number of carbonyl (C=O) groups excluding carboxylic acids is 1. The fourth-order valence-electron chi connectivity index (χ4n) is 2.50. The molecule has 1 aliphatic carbocycles. The van der Waals surface area contributed by atoms with Crippen molar-refractivity contribution in [3.63, 3.8) is 0 Å². The molecule has 1 fully saturated rings. The molecule has 1 aliphatic rings. The van der Waals surface area contributed by atoms with E-state index in [0.29, 0.717) is 25.1 Å². The molecule has 0 unspecified atom stereocenters. The molecule has 0 aromatic carbocycles. The zero-order valence-corrected chi connectivity index (χ0v) is 13.2. The lowest BCUT2D eigenvalue weighted by Crippen LogP contribution is -2.47. The number of methoxy groups -OCH3 is 1. The topological polar surface area (TPSA) is 73.6 Å². The third-order valence-corrected chi connectivity index (χ3v) is 4.24. The maximum Gasteiger partial charge on any atom is 0.246 e. The molecule has 1 saturated carbocycles. The van der Waals surface area contributed by atoms with E-state index >= 15 is 0 Å². The first-order valence-electron chi connectivity index (χ1n) is 7.53. The van der Waals surface area contributed by atoms with Gasteiger partial charge in [-0.05, 0) is 37.5 Å². The first kappa shape index (κ1) is 17.4. The van der Waals surface area contributed by atoms with Crippen molar-refractivity contribution in [3.8, 4) is 0 Å². The van der Waals surface area contributed by atoms with Crippen LogP contribution in [0.15, 0.2) is 0 Å². The largest absolute Gasteiger partial charge is 0.385 e. The van der Waals surface area contributed by atoms with E-state index in [4.69, 9.17) is 15.2 Å². The Balaban J connectivity index is 2.29. The second kappa shape index (κ2) is 7.96. The third-order valence-electron chi connectivity index (χ3n) is 4.24. The Morgan fingerprint density at radius 2 is 1.90 bits per heavy atom. The summed E-state index contributed by atoms with van der Waals surface area (Å²) in [5.74, 6) is -0.0706. The summed E-state index contributed by atoms with van der Waals surface area (Å²) in [6.07, 6.45) is 4.89. The van der Waals surface area contributed by atoms with Crippen LogP contribution in [0.3, 0.4) is 0 Å². The van der Waals surface area contributed by atoms with Crippen molar-refractivity contribution < 1.29 is 14.3 Å². The third kappa shape index (κ3) is 5.77. The first-order chi connectivity index (χ1) is 9.43. The molecule has 0 heterocycles. The van der Waals surface area contributed by atoms with E-state index in [1.807, 2.05) is 0 Å². The number of ether oxygens (including phenoxy) is 2. The summed E-state index contributed by atoms with van der Waals surface area (Å²) < 4.78 is 10.8. The van der Waals surface area contributed by atoms with Crippen molar-refractivity contribution in [3.05, 3.63) is 0 Å². The van der Waals surface area contributed by atoms with Crippen molar-refractivity contribution in [1.29, 1.82) is 0 Å². The SMILES string of the molecule is COCCCNC(=O)COC1(CN)CCC(C)(C)CC1. The number of carbonyl (C=O) groups is 1. The van der Waals surface area contributed by atoms with Crippen LogP contribution in [-0.4, -0.2) is 44.9 Å². The molecule has 0 radical (unpaired) electrons. The molecule has 118 valence electrons. The number of nitrogens with two attached hydrogens (primary N) is 1. The number of nitrogens with one attached hydrogen (secondary N) is 1. The Morgan fingerprint density at radius 1 is 1.25 bits per heavy atom. The van der Waals surface area contributed by atoms with E-state index in [2.05, 4.69) is 19.2 Å². The van der Waals surface area contributed by atoms with Gasteiger partial charge in [-0.1, -0.05) is 13.8 Å². The molecule has 0 bridgehead atoms. The minimum atomic E-state index is -0.306. The van der Waals surface area contributed by atoms with E-state index in [1.165, 1.54) is 0 Å². The maximum atomic E-state index is 11.7. The molecule has 3 N–H and O–H groups in total. The van der Waals surface area contributed by atoms with Gasteiger partial charge in [-0.15, -0.1) is 0 Å². The number of hydrogen-bond acceptors (Lipinski definition) is 4. The zero-order valence-electron chi connectivity index (χ0n) is 13.2. The molecule has 5 nitrogen and oxygen atoms in total. The van der Waals surface area contributed by atoms with Crippen LogP contribution in [0, 0.1) is 5.41 Å². The Hall–Kier alpha value is -0.650. The van der Waals surface area contributed by atoms with Gasteiger partial charge in [-0.3, -0.25) is 4.79 Å². The quantitative estimate of drug-likeness (QED) is 0.662. The molecule has 20 heavy (non-hydrogen) atoms. The van der Waals surface area contributed by atoms with Gasteiger partial charge in [0.15, 0.2) is 0 Å². The maximum absolute atomic E-state index is 11.7. The van der Waals surface area contributed by atoms with Crippen molar-refractivity contribution in [1.82, 2.24) is 5.32 Å². The normalized spacial score (nSPS) is 20.6. The highest BCUT2D eigenvalue weighted by Gasteiger charge is 2.38. The summed E-state index contributed by atoms with van der Waals surface area (Å²) in [4.78, 5) is 11.7. The monoisotopic (exact) mass is 286 g/mol. The molecule has 1 amide bonds. The fourth-order valence-corrected chi connectivity index (χ4v) is 2.50. The van der Waals surface area contributed by atoms with Crippen LogP contribution in [0.25, 0.3) is 0 Å². The summed E-state index contributed by atoms with van der Waals surface area (Å²) in [6, 6.07) is 0. The fraction of sp³-hybridized carbons (Fsp3) is 0.933. The van der Waals surface area contributed by atoms with Gasteiger partial charge in [0.1, 0.15) is 6.61 Å². The lowest BCUT2D eigenvalue weighted by atomic mass is 9.71. The average Bonchev–Trinajstić information content (AvgIpc) is 2.43. The van der Waals surface area contributed by atoms with Crippen molar-refractivity contribution >= 4 is 5.91 Å². The van der Waals surface area contributed by atoms with Crippen molar-refractivity contribution in [2.75, 3.05) is 33.4 Å². The molecular weight excluding hydrogens is 256 g/mol. The van der Waals surface area contributed by atoms with Gasteiger partial charge >= 0.3 is 0 Å². The van der Waals surface area contributed by atoms with Crippen LogP contribution in [0.1, 0.15) is 46.0 Å². The smallest absolute Gasteiger partial charge is 0.246 e. The molecule has 1 rings (SSSR count). The Bertz CT molecular complexity index is 295. The van der Waals surface area contributed by atoms with Gasteiger partial charge in [0, 0.05) is 26.8 Å². The predicted octanol–water partition coefficient (Wildman–Crippen LogP) is 1.45. The zero-order chi connectivity index (χ0) is 15.1. The minimum Gasteiger partial charge on any atom is -0.385 e. The molecule has 5 heteroatoms. The van der Waals surface area contributed by atoms with Crippen LogP contribution in [0.2, 0.25) is 0 Å². The average molecular weight is 286 g/mol. The second-order valence-electron chi connectivity index (χ2n) is 6.54. The Kier molecular flexibility index (Phi) is 6.92. The molecular formula is C15H30N2O3. The highest BCUT2D eigenvalue weighted by molar-refractivity contribution is 5.77. The van der Waals surface area contributed by atoms with Crippen LogP contribution in [0.4, 0.5) is 0 Å². The van der Waals surface area contributed by atoms with Gasteiger partial charge in [0.2, 0.25) is 5.91 Å². The van der Waals surface area contributed by atoms with E-state index in [0.717, 1.165) is 32.1 Å². The highest BCUT2D eigenvalue weighted by Crippen LogP contribution is 2.41. The molecule has 0 aromatic heterocycles. The predicted molar refractivity (Wildman–Crippen MR) is 79.5 cm³/mol. The number of amides is 1. The lowest BCUT2D eigenvalue weighted by molar-refractivity contribution is -0.137. The van der Waals surface area contributed by atoms with Crippen LogP contribution in [0.5, 0.6) is 0 Å². The van der Waals surface area contributed by atoms with Crippen LogP contribution >= 0.6 is 0 Å². The summed E-state index contributed by atoms with van der Waals surface area (Å²) >= 11 is 0. The molecule has 0 atom stereocenters. The van der Waals surface area contributed by atoms with E-state index in [-0.39, 0.29) is 18.1 Å². The Labute approximate surface area is 122 Å². The van der Waals surface area contributed by atoms with E-state index < -0.39 is 0 Å². The number of hydrogen-bond donors (Lipinski definition) is 2. The van der Waals surface area contributed by atoms with Crippen LogP contribution < -0.4 is 11.1 Å². The van der Waals surface area contributed by atoms with Gasteiger partial charge in [0.25, 0.3) is 0 Å². The number of rotatable bonds is 8. The Morgan fingerprint density at radius 3 is 2.45 bits per heavy atom. The summed E-state index contributed by atoms with van der Waals surface area (Å²) in [7, 11) is 1.65. The van der Waals surface area contributed by atoms with E-state index in [1.54, 1.807) is 7.11 Å². The highest BCUT2D eigenvalue weighted by atomic mass is 16.5. The minimum absolute atomic E-state index is 0.0706. The van der Waals surface area contributed by atoms with Crippen LogP contribution in [-0.2, 0) is 14.3 Å². The van der Waals surface area contributed by atoms with Gasteiger partial charge < -0.3 is 20.5 Å².